The molecule has 0 radical (unpaired) electrons. The van der Waals surface area contributed by atoms with Crippen molar-refractivity contribution in [2.45, 2.75) is 13.8 Å². The number of nitrogens with zero attached hydrogens (tertiary/aromatic N) is 2. The minimum atomic E-state index is -0.983. The summed E-state index contributed by atoms with van der Waals surface area (Å²) in [5.41, 5.74) is 4.64. The van der Waals surface area contributed by atoms with E-state index in [4.69, 9.17) is 4.42 Å². The van der Waals surface area contributed by atoms with E-state index < -0.39 is 5.97 Å². The van der Waals surface area contributed by atoms with E-state index in [-0.39, 0.29) is 5.56 Å². The van der Waals surface area contributed by atoms with Crippen molar-refractivity contribution in [3.8, 4) is 17.4 Å². The van der Waals surface area contributed by atoms with Crippen molar-refractivity contribution >= 4 is 28.7 Å². The van der Waals surface area contributed by atoms with Crippen LogP contribution in [0.15, 0.2) is 52.9 Å². The van der Waals surface area contributed by atoms with Crippen LogP contribution < -0.4 is 0 Å². The van der Waals surface area contributed by atoms with E-state index in [0.717, 1.165) is 16.6 Å². The smallest absolute Gasteiger partial charge is 0.335 e. The third-order valence-electron chi connectivity index (χ3n) is 4.76. The van der Waals surface area contributed by atoms with Gasteiger partial charge in [-0.05, 0) is 55.3 Å². The van der Waals surface area contributed by atoms with Gasteiger partial charge in [0.1, 0.15) is 23.4 Å². The number of hydrogen-bond donors (Lipinski definition) is 2. The van der Waals surface area contributed by atoms with Crippen molar-refractivity contribution in [1.29, 1.82) is 5.26 Å². The summed E-state index contributed by atoms with van der Waals surface area (Å²) >= 11 is 0. The molecule has 6 heteroatoms. The number of furan rings is 1. The van der Waals surface area contributed by atoms with E-state index in [1.165, 1.54) is 0 Å². The molecule has 29 heavy (non-hydrogen) atoms. The molecule has 2 heterocycles. The molecule has 0 saturated carbocycles. The largest absolute Gasteiger partial charge is 0.478 e. The predicted molar refractivity (Wildman–Crippen MR) is 110 cm³/mol. The van der Waals surface area contributed by atoms with Crippen LogP contribution in [0.1, 0.15) is 33.1 Å². The van der Waals surface area contributed by atoms with Crippen LogP contribution in [0.2, 0.25) is 0 Å². The number of aromatic amines is 1. The molecule has 4 rings (SSSR count). The molecular formula is C23H17N3O3. The fraction of sp³-hybridized carbons (Fsp3) is 0.0870. The van der Waals surface area contributed by atoms with Crippen molar-refractivity contribution in [3.63, 3.8) is 0 Å². The Morgan fingerprint density at radius 3 is 2.79 bits per heavy atom. The molecule has 0 amide bonds. The molecule has 2 N–H and O–H groups in total. The van der Waals surface area contributed by atoms with Crippen LogP contribution in [-0.2, 0) is 0 Å². The van der Waals surface area contributed by atoms with Gasteiger partial charge in [0.25, 0.3) is 0 Å². The van der Waals surface area contributed by atoms with Gasteiger partial charge in [-0.3, -0.25) is 0 Å². The quantitative estimate of drug-likeness (QED) is 0.471. The number of aromatic carboxylic acids is 1. The van der Waals surface area contributed by atoms with Gasteiger partial charge in [-0.1, -0.05) is 18.2 Å². The van der Waals surface area contributed by atoms with Gasteiger partial charge in [0.15, 0.2) is 0 Å². The molecule has 0 fully saturated rings. The van der Waals surface area contributed by atoms with Gasteiger partial charge in [0.2, 0.25) is 0 Å². The Balaban J connectivity index is 1.71. The number of nitriles is 1. The minimum Gasteiger partial charge on any atom is -0.478 e. The van der Waals surface area contributed by atoms with Crippen LogP contribution in [0.4, 0.5) is 0 Å². The molecule has 0 aliphatic rings. The number of carboxylic acids is 1. The Bertz CT molecular complexity index is 1320. The summed E-state index contributed by atoms with van der Waals surface area (Å²) in [6.45, 7) is 3.74. The van der Waals surface area contributed by atoms with Crippen LogP contribution in [0.5, 0.6) is 0 Å². The summed E-state index contributed by atoms with van der Waals surface area (Å²) in [4.78, 5) is 19.0. The van der Waals surface area contributed by atoms with Crippen molar-refractivity contribution < 1.29 is 14.3 Å². The third kappa shape index (κ3) is 3.42. The minimum absolute atomic E-state index is 0.228. The monoisotopic (exact) mass is 383 g/mol. The molecule has 0 bridgehead atoms. The van der Waals surface area contributed by atoms with Gasteiger partial charge < -0.3 is 14.5 Å². The summed E-state index contributed by atoms with van der Waals surface area (Å²) in [5.74, 6) is 0.501. The Morgan fingerprint density at radius 2 is 2.03 bits per heavy atom. The number of carboxylic acid groups (broad SMARTS) is 1. The number of imidazole rings is 1. The Kier molecular flexibility index (Phi) is 4.49. The molecule has 0 atom stereocenters. The average molecular weight is 383 g/mol. The summed E-state index contributed by atoms with van der Waals surface area (Å²) in [5, 5.41) is 18.9. The summed E-state index contributed by atoms with van der Waals surface area (Å²) in [7, 11) is 0. The van der Waals surface area contributed by atoms with Crippen LogP contribution >= 0.6 is 0 Å². The van der Waals surface area contributed by atoms with E-state index in [1.807, 2.05) is 25.1 Å². The van der Waals surface area contributed by atoms with Gasteiger partial charge in [0.05, 0.1) is 22.2 Å². The molecule has 0 aliphatic heterocycles. The second kappa shape index (κ2) is 7.13. The van der Waals surface area contributed by atoms with E-state index in [9.17, 15) is 15.2 Å². The molecule has 2 aromatic heterocycles. The number of hydrogen-bond acceptors (Lipinski definition) is 4. The van der Waals surface area contributed by atoms with Crippen LogP contribution in [0.25, 0.3) is 34.0 Å². The van der Waals surface area contributed by atoms with E-state index in [0.29, 0.717) is 34.0 Å². The number of allylic oxidation sites excluding steroid dienone is 1. The fourth-order valence-corrected chi connectivity index (χ4v) is 3.26. The van der Waals surface area contributed by atoms with Crippen molar-refractivity contribution in [2.75, 3.05) is 0 Å². The van der Waals surface area contributed by atoms with E-state index in [2.05, 4.69) is 16.0 Å². The highest BCUT2D eigenvalue weighted by Crippen LogP contribution is 2.29. The number of benzene rings is 2. The fourth-order valence-electron chi connectivity index (χ4n) is 3.26. The van der Waals surface area contributed by atoms with Crippen molar-refractivity contribution in [1.82, 2.24) is 9.97 Å². The molecule has 0 aliphatic carbocycles. The van der Waals surface area contributed by atoms with Crippen molar-refractivity contribution in [2.24, 2.45) is 0 Å². The number of nitrogens with one attached hydrogen (secondary N) is 1. The van der Waals surface area contributed by atoms with Gasteiger partial charge in [-0.2, -0.15) is 5.26 Å². The molecule has 6 nitrogen and oxygen atoms in total. The third-order valence-corrected chi connectivity index (χ3v) is 4.76. The molecule has 142 valence electrons. The number of fused-ring (bicyclic) bond motifs is 1. The van der Waals surface area contributed by atoms with Crippen LogP contribution in [-0.4, -0.2) is 21.0 Å². The molecule has 4 aromatic rings. The molecule has 0 spiro atoms. The zero-order chi connectivity index (χ0) is 20.5. The lowest BCUT2D eigenvalue weighted by atomic mass is 10.0. The van der Waals surface area contributed by atoms with Gasteiger partial charge in [-0.15, -0.1) is 0 Å². The second-order valence-corrected chi connectivity index (χ2v) is 6.76. The topological polar surface area (TPSA) is 103 Å². The van der Waals surface area contributed by atoms with E-state index in [1.54, 1.807) is 43.3 Å². The van der Waals surface area contributed by atoms with Gasteiger partial charge >= 0.3 is 5.97 Å². The highest BCUT2D eigenvalue weighted by Gasteiger charge is 2.14. The highest BCUT2D eigenvalue weighted by molar-refractivity contribution is 5.92. The number of carbonyl (C=O) groups is 1. The lowest BCUT2D eigenvalue weighted by Gasteiger charge is -2.05. The maximum absolute atomic E-state index is 11.4. The number of aromatic nitrogens is 2. The lowest BCUT2D eigenvalue weighted by Crippen LogP contribution is -2.00. The standard InChI is InChI=1S/C23H17N3O3/c1-13-6-8-19-20(10-13)26-22(25-19)15(12-24)11-16-7-9-21(29-16)17-4-3-5-18(14(17)2)23(27)28/h3-11H,1-2H3,(H,25,26)(H,27,28). The molecule has 0 saturated heterocycles. The van der Waals surface area contributed by atoms with Gasteiger partial charge in [-0.25, -0.2) is 9.78 Å². The SMILES string of the molecule is Cc1ccc2nc(C(C#N)=Cc3ccc(-c4cccc(C(=O)O)c4C)o3)[nH]c2c1. The van der Waals surface area contributed by atoms with Gasteiger partial charge in [0, 0.05) is 11.6 Å². The summed E-state index contributed by atoms with van der Waals surface area (Å²) in [6, 6.07) is 16.6. The normalized spacial score (nSPS) is 11.6. The van der Waals surface area contributed by atoms with Crippen LogP contribution in [0, 0.1) is 25.2 Å². The zero-order valence-corrected chi connectivity index (χ0v) is 15.9. The first kappa shape index (κ1) is 18.3. The maximum Gasteiger partial charge on any atom is 0.335 e. The molecule has 2 aromatic carbocycles. The Morgan fingerprint density at radius 1 is 1.21 bits per heavy atom. The zero-order valence-electron chi connectivity index (χ0n) is 15.9. The highest BCUT2D eigenvalue weighted by atomic mass is 16.4. The first-order chi connectivity index (χ1) is 14.0. The Labute approximate surface area is 166 Å². The van der Waals surface area contributed by atoms with E-state index >= 15 is 0 Å². The average Bonchev–Trinajstić information content (AvgIpc) is 3.32. The molecular weight excluding hydrogens is 366 g/mol. The maximum atomic E-state index is 11.4. The molecule has 0 unspecified atom stereocenters. The summed E-state index contributed by atoms with van der Waals surface area (Å²) < 4.78 is 5.87. The predicted octanol–water partition coefficient (Wildman–Crippen LogP) is 5.20. The summed E-state index contributed by atoms with van der Waals surface area (Å²) in [6.07, 6.45) is 1.62. The van der Waals surface area contributed by atoms with Crippen molar-refractivity contribution in [3.05, 3.63) is 76.8 Å². The Hall–Kier alpha value is -4.11. The second-order valence-electron chi connectivity index (χ2n) is 6.76. The first-order valence-electron chi connectivity index (χ1n) is 8.98. The lowest BCUT2D eigenvalue weighted by molar-refractivity contribution is 0.0696. The first-order valence-corrected chi connectivity index (χ1v) is 8.98. The number of H-pyrrole nitrogens is 1. The van der Waals surface area contributed by atoms with Crippen LogP contribution in [0.3, 0.4) is 0 Å². The number of aryl methyl sites for hydroxylation is 1. The number of rotatable bonds is 4.